The molecule has 0 fully saturated rings. The summed E-state index contributed by atoms with van der Waals surface area (Å²) in [5.74, 6) is 2.23. The molecule has 2 atom stereocenters. The summed E-state index contributed by atoms with van der Waals surface area (Å²) in [6.07, 6.45) is 4.43. The molecule has 0 saturated carbocycles. The highest BCUT2D eigenvalue weighted by atomic mass is 16.5. The van der Waals surface area contributed by atoms with Crippen molar-refractivity contribution < 1.29 is 23.5 Å². The second-order valence-corrected chi connectivity index (χ2v) is 11.2. The molecule has 2 rings (SSSR count). The first-order valence-electron chi connectivity index (χ1n) is 13.3. The van der Waals surface area contributed by atoms with Crippen LogP contribution in [0.2, 0.25) is 0 Å². The first-order chi connectivity index (χ1) is 17.5. The molecular formula is C30H46N2O5. The number of rotatable bonds is 14. The minimum absolute atomic E-state index is 0.0189. The Kier molecular flexibility index (Phi) is 11.5. The van der Waals surface area contributed by atoms with Crippen molar-refractivity contribution in [1.29, 1.82) is 0 Å². The van der Waals surface area contributed by atoms with E-state index < -0.39 is 0 Å². The molecule has 0 bridgehead atoms. The number of carbonyl (C=O) groups is 2. The molecular weight excluding hydrogens is 468 g/mol. The second-order valence-electron chi connectivity index (χ2n) is 11.2. The summed E-state index contributed by atoms with van der Waals surface area (Å²) >= 11 is 0. The lowest BCUT2D eigenvalue weighted by Gasteiger charge is -2.32. The van der Waals surface area contributed by atoms with Crippen LogP contribution < -0.4 is 9.47 Å². The molecule has 0 aliphatic heterocycles. The van der Waals surface area contributed by atoms with Gasteiger partial charge in [-0.15, -0.1) is 0 Å². The quantitative estimate of drug-likeness (QED) is 0.311. The fourth-order valence-corrected chi connectivity index (χ4v) is 4.67. The Hall–Kier alpha value is -2.96. The molecule has 1 heterocycles. The molecule has 37 heavy (non-hydrogen) atoms. The van der Waals surface area contributed by atoms with E-state index in [4.69, 9.17) is 13.9 Å². The number of amides is 2. The zero-order chi connectivity index (χ0) is 27.6. The number of hydrogen-bond donors (Lipinski definition) is 0. The number of furan rings is 1. The molecule has 2 amide bonds. The Morgan fingerprint density at radius 3 is 2.30 bits per heavy atom. The van der Waals surface area contributed by atoms with E-state index in [2.05, 4.69) is 27.7 Å². The zero-order valence-corrected chi connectivity index (χ0v) is 24.0. The standard InChI is InChI=1S/C30H46N2O5/c1-9-23(3)32(28(33)17-22(2)19-30(4,5)6)21-29(34)31(20-25-11-10-16-37-25)15-14-24-12-13-26(35-7)27(18-24)36-8/h10-13,16,18,22-23H,9,14-15,17,19-21H2,1-8H3/t22-,23+/m1/s1. The van der Waals surface area contributed by atoms with E-state index in [1.54, 1.807) is 30.3 Å². The van der Waals surface area contributed by atoms with Crippen molar-refractivity contribution in [3.8, 4) is 11.5 Å². The molecule has 1 aromatic carbocycles. The third kappa shape index (κ3) is 9.78. The molecule has 1 aromatic heterocycles. The molecule has 0 aliphatic carbocycles. The maximum Gasteiger partial charge on any atom is 0.242 e. The van der Waals surface area contributed by atoms with E-state index in [0.717, 1.165) is 18.4 Å². The highest BCUT2D eigenvalue weighted by Gasteiger charge is 2.27. The summed E-state index contributed by atoms with van der Waals surface area (Å²) in [4.78, 5) is 30.5. The van der Waals surface area contributed by atoms with Crippen molar-refractivity contribution in [2.75, 3.05) is 27.3 Å². The number of ether oxygens (including phenoxy) is 2. The third-order valence-electron chi connectivity index (χ3n) is 6.63. The third-order valence-corrected chi connectivity index (χ3v) is 6.63. The van der Waals surface area contributed by atoms with Gasteiger partial charge in [-0.2, -0.15) is 0 Å². The summed E-state index contributed by atoms with van der Waals surface area (Å²) in [6, 6.07) is 9.44. The van der Waals surface area contributed by atoms with E-state index in [0.29, 0.717) is 43.2 Å². The van der Waals surface area contributed by atoms with E-state index in [9.17, 15) is 9.59 Å². The maximum atomic E-state index is 13.6. The predicted molar refractivity (Wildman–Crippen MR) is 147 cm³/mol. The number of hydrogen-bond acceptors (Lipinski definition) is 5. The van der Waals surface area contributed by atoms with Gasteiger partial charge in [0.1, 0.15) is 12.3 Å². The highest BCUT2D eigenvalue weighted by molar-refractivity contribution is 5.85. The second kappa shape index (κ2) is 14.1. The van der Waals surface area contributed by atoms with Crippen LogP contribution in [0.3, 0.4) is 0 Å². The topological polar surface area (TPSA) is 72.2 Å². The molecule has 0 spiro atoms. The van der Waals surface area contributed by atoms with Crippen LogP contribution in [-0.4, -0.2) is 55.0 Å². The van der Waals surface area contributed by atoms with Gasteiger partial charge in [0.2, 0.25) is 11.8 Å². The van der Waals surface area contributed by atoms with Gasteiger partial charge in [0.25, 0.3) is 0 Å². The number of nitrogens with zero attached hydrogens (tertiary/aromatic N) is 2. The zero-order valence-electron chi connectivity index (χ0n) is 24.0. The fourth-order valence-electron chi connectivity index (χ4n) is 4.67. The van der Waals surface area contributed by atoms with Crippen molar-refractivity contribution in [3.05, 3.63) is 47.9 Å². The first-order valence-corrected chi connectivity index (χ1v) is 13.3. The van der Waals surface area contributed by atoms with Gasteiger partial charge < -0.3 is 23.7 Å². The van der Waals surface area contributed by atoms with E-state index in [1.165, 1.54) is 0 Å². The lowest BCUT2D eigenvalue weighted by atomic mass is 9.84. The van der Waals surface area contributed by atoms with Gasteiger partial charge in [0, 0.05) is 19.0 Å². The van der Waals surface area contributed by atoms with E-state index in [1.807, 2.05) is 44.2 Å². The Bertz CT molecular complexity index is 980. The van der Waals surface area contributed by atoms with Crippen LogP contribution in [0, 0.1) is 11.3 Å². The van der Waals surface area contributed by atoms with Gasteiger partial charge in [-0.3, -0.25) is 9.59 Å². The molecule has 0 saturated heterocycles. The number of methoxy groups -OCH3 is 2. The van der Waals surface area contributed by atoms with Crippen LogP contribution in [0.5, 0.6) is 11.5 Å². The highest BCUT2D eigenvalue weighted by Crippen LogP contribution is 2.28. The maximum absolute atomic E-state index is 13.6. The number of benzene rings is 1. The SMILES string of the molecule is CC[C@H](C)N(CC(=O)N(CCc1ccc(OC)c(OC)c1)Cc1ccco1)C(=O)C[C@@H](C)CC(C)(C)C. The summed E-state index contributed by atoms with van der Waals surface area (Å²) in [5.41, 5.74) is 1.18. The molecule has 206 valence electrons. The lowest BCUT2D eigenvalue weighted by molar-refractivity contribution is -0.143. The van der Waals surface area contributed by atoms with Crippen LogP contribution in [-0.2, 0) is 22.6 Å². The average molecular weight is 515 g/mol. The minimum Gasteiger partial charge on any atom is -0.493 e. The molecule has 2 aromatic rings. The molecule has 0 unspecified atom stereocenters. The first kappa shape index (κ1) is 30.3. The van der Waals surface area contributed by atoms with Crippen molar-refractivity contribution in [1.82, 2.24) is 9.80 Å². The summed E-state index contributed by atoms with van der Waals surface area (Å²) in [5, 5.41) is 0. The average Bonchev–Trinajstić information content (AvgIpc) is 3.36. The predicted octanol–water partition coefficient (Wildman–Crippen LogP) is 5.96. The van der Waals surface area contributed by atoms with Crippen molar-refractivity contribution in [2.45, 2.75) is 79.8 Å². The summed E-state index contributed by atoms with van der Waals surface area (Å²) in [6.45, 7) is 13.6. The molecule has 0 aliphatic rings. The monoisotopic (exact) mass is 514 g/mol. The Morgan fingerprint density at radius 1 is 1.03 bits per heavy atom. The Balaban J connectivity index is 2.17. The fraction of sp³-hybridized carbons (Fsp3) is 0.600. The molecule has 0 N–H and O–H groups in total. The van der Waals surface area contributed by atoms with Gasteiger partial charge in [-0.1, -0.05) is 40.7 Å². The minimum atomic E-state index is -0.0889. The van der Waals surface area contributed by atoms with Gasteiger partial charge >= 0.3 is 0 Å². The van der Waals surface area contributed by atoms with E-state index >= 15 is 0 Å². The van der Waals surface area contributed by atoms with Gasteiger partial charge in [0.05, 0.1) is 27.0 Å². The molecule has 7 heteroatoms. The molecule has 7 nitrogen and oxygen atoms in total. The van der Waals surface area contributed by atoms with Crippen LogP contribution in [0.25, 0.3) is 0 Å². The largest absolute Gasteiger partial charge is 0.493 e. The van der Waals surface area contributed by atoms with E-state index in [-0.39, 0.29) is 35.7 Å². The van der Waals surface area contributed by atoms with Crippen LogP contribution in [0.15, 0.2) is 41.0 Å². The Labute approximate surface area is 223 Å². The van der Waals surface area contributed by atoms with Crippen molar-refractivity contribution in [3.63, 3.8) is 0 Å². The normalized spacial score (nSPS) is 13.1. The lowest BCUT2D eigenvalue weighted by Crippen LogP contribution is -2.47. The van der Waals surface area contributed by atoms with Gasteiger partial charge in [0.15, 0.2) is 11.5 Å². The van der Waals surface area contributed by atoms with Gasteiger partial charge in [-0.05, 0) is 67.3 Å². The molecule has 0 radical (unpaired) electrons. The van der Waals surface area contributed by atoms with Crippen molar-refractivity contribution in [2.24, 2.45) is 11.3 Å². The van der Waals surface area contributed by atoms with Crippen LogP contribution >= 0.6 is 0 Å². The summed E-state index contributed by atoms with van der Waals surface area (Å²) < 4.78 is 16.3. The van der Waals surface area contributed by atoms with Crippen LogP contribution in [0.1, 0.15) is 72.1 Å². The smallest absolute Gasteiger partial charge is 0.242 e. The van der Waals surface area contributed by atoms with Crippen molar-refractivity contribution >= 4 is 11.8 Å². The van der Waals surface area contributed by atoms with Crippen LogP contribution in [0.4, 0.5) is 0 Å². The van der Waals surface area contributed by atoms with Gasteiger partial charge in [-0.25, -0.2) is 0 Å². The summed E-state index contributed by atoms with van der Waals surface area (Å²) in [7, 11) is 3.21. The number of carbonyl (C=O) groups excluding carboxylic acids is 2. The Morgan fingerprint density at radius 2 is 1.73 bits per heavy atom.